The lowest BCUT2D eigenvalue weighted by Gasteiger charge is -2.45. The molecule has 0 saturated carbocycles. The van der Waals surface area contributed by atoms with E-state index in [0.29, 0.717) is 30.3 Å². The Kier molecular flexibility index (Phi) is 4.69. The first-order valence-corrected chi connectivity index (χ1v) is 10.1. The zero-order valence-electron chi connectivity index (χ0n) is 16.1. The minimum absolute atomic E-state index is 0.157. The van der Waals surface area contributed by atoms with E-state index in [-0.39, 0.29) is 11.6 Å². The molecule has 3 aromatic rings. The van der Waals surface area contributed by atoms with Crippen molar-refractivity contribution in [3.05, 3.63) is 58.5 Å². The van der Waals surface area contributed by atoms with Gasteiger partial charge in [0.1, 0.15) is 5.69 Å². The van der Waals surface area contributed by atoms with Gasteiger partial charge < -0.3 is 9.47 Å². The Labute approximate surface area is 179 Å². The molecule has 0 N–H and O–H groups in total. The first-order valence-electron chi connectivity index (χ1n) is 9.76. The van der Waals surface area contributed by atoms with Crippen LogP contribution in [0, 0.1) is 0 Å². The van der Waals surface area contributed by atoms with Gasteiger partial charge in [0.15, 0.2) is 11.6 Å². The number of aromatic nitrogens is 5. The smallest absolute Gasteiger partial charge is 0.324 e. The molecule has 31 heavy (non-hydrogen) atoms. The van der Waals surface area contributed by atoms with Crippen LogP contribution in [0.15, 0.2) is 36.5 Å². The molecule has 0 aliphatic carbocycles. The second-order valence-corrected chi connectivity index (χ2v) is 7.96. The number of carbonyl (C=O) groups is 1. The van der Waals surface area contributed by atoms with Gasteiger partial charge in [-0.05, 0) is 43.5 Å². The number of amides is 1. The van der Waals surface area contributed by atoms with Crippen molar-refractivity contribution in [2.75, 3.05) is 0 Å². The molecule has 2 unspecified atom stereocenters. The SMILES string of the molecule is O=C(c1cccc(C(F)(F)F)c1Cl)N1C2CCCC1c1nnc(-c3cccnn3)n1C2. The number of carbonyl (C=O) groups excluding carboxylic acids is 1. The molecule has 160 valence electrons. The van der Waals surface area contributed by atoms with E-state index in [2.05, 4.69) is 20.4 Å². The minimum Gasteiger partial charge on any atom is -0.324 e. The molecule has 2 aliphatic heterocycles. The molecule has 7 nitrogen and oxygen atoms in total. The number of hydrogen-bond donors (Lipinski definition) is 0. The molecule has 0 spiro atoms. The third kappa shape index (κ3) is 3.25. The summed E-state index contributed by atoms with van der Waals surface area (Å²) in [6.07, 6.45) is -0.849. The van der Waals surface area contributed by atoms with Gasteiger partial charge in [0, 0.05) is 12.7 Å². The maximum Gasteiger partial charge on any atom is 0.417 e. The highest BCUT2D eigenvalue weighted by molar-refractivity contribution is 6.34. The van der Waals surface area contributed by atoms with E-state index in [4.69, 9.17) is 11.6 Å². The summed E-state index contributed by atoms with van der Waals surface area (Å²) >= 11 is 6.03. The number of hydrogen-bond acceptors (Lipinski definition) is 5. The summed E-state index contributed by atoms with van der Waals surface area (Å²) in [7, 11) is 0. The predicted molar refractivity (Wildman–Crippen MR) is 104 cm³/mol. The monoisotopic (exact) mass is 448 g/mol. The van der Waals surface area contributed by atoms with Gasteiger partial charge in [0.05, 0.1) is 28.2 Å². The van der Waals surface area contributed by atoms with Gasteiger partial charge >= 0.3 is 6.18 Å². The lowest BCUT2D eigenvalue weighted by atomic mass is 9.90. The Balaban J connectivity index is 1.55. The number of nitrogens with zero attached hydrogens (tertiary/aromatic N) is 6. The van der Waals surface area contributed by atoms with E-state index in [0.717, 1.165) is 18.9 Å². The van der Waals surface area contributed by atoms with Crippen molar-refractivity contribution < 1.29 is 18.0 Å². The fraction of sp³-hybridized carbons (Fsp3) is 0.350. The molecule has 4 heterocycles. The van der Waals surface area contributed by atoms with Crippen LogP contribution >= 0.6 is 11.6 Å². The summed E-state index contributed by atoms with van der Waals surface area (Å²) < 4.78 is 41.8. The zero-order valence-corrected chi connectivity index (χ0v) is 16.8. The van der Waals surface area contributed by atoms with Gasteiger partial charge in [0.2, 0.25) is 0 Å². The third-order valence-corrected chi connectivity index (χ3v) is 6.19. The Bertz CT molecular complexity index is 1150. The summed E-state index contributed by atoms with van der Waals surface area (Å²) in [4.78, 5) is 15.0. The van der Waals surface area contributed by atoms with E-state index in [9.17, 15) is 18.0 Å². The van der Waals surface area contributed by atoms with Crippen LogP contribution in [0.1, 0.15) is 47.1 Å². The first-order chi connectivity index (χ1) is 14.9. The average molecular weight is 449 g/mol. The van der Waals surface area contributed by atoms with Crippen molar-refractivity contribution >= 4 is 17.5 Å². The molecular formula is C20H16ClF3N6O. The number of piperidine rings is 1. The van der Waals surface area contributed by atoms with Crippen LogP contribution < -0.4 is 0 Å². The lowest BCUT2D eigenvalue weighted by Crippen LogP contribution is -2.52. The Morgan fingerprint density at radius 3 is 2.68 bits per heavy atom. The van der Waals surface area contributed by atoms with Crippen LogP contribution in [0.2, 0.25) is 5.02 Å². The molecular weight excluding hydrogens is 433 g/mol. The summed E-state index contributed by atoms with van der Waals surface area (Å²) in [6, 6.07) is 6.33. The summed E-state index contributed by atoms with van der Waals surface area (Å²) in [5.41, 5.74) is -0.606. The fourth-order valence-electron chi connectivity index (χ4n) is 4.44. The van der Waals surface area contributed by atoms with Crippen LogP contribution in [0.4, 0.5) is 13.2 Å². The summed E-state index contributed by atoms with van der Waals surface area (Å²) in [5, 5.41) is 15.9. The van der Waals surface area contributed by atoms with Gasteiger partial charge in [-0.1, -0.05) is 17.7 Å². The topological polar surface area (TPSA) is 76.8 Å². The van der Waals surface area contributed by atoms with Crippen molar-refractivity contribution in [2.24, 2.45) is 0 Å². The minimum atomic E-state index is -4.64. The second-order valence-electron chi connectivity index (χ2n) is 7.58. The van der Waals surface area contributed by atoms with Crippen molar-refractivity contribution in [1.82, 2.24) is 29.9 Å². The molecule has 2 atom stereocenters. The van der Waals surface area contributed by atoms with Crippen LogP contribution in [0.3, 0.4) is 0 Å². The van der Waals surface area contributed by atoms with Crippen LogP contribution in [-0.4, -0.2) is 41.8 Å². The quantitative estimate of drug-likeness (QED) is 0.588. The number of rotatable bonds is 2. The van der Waals surface area contributed by atoms with E-state index in [1.807, 2.05) is 4.57 Å². The molecule has 2 aromatic heterocycles. The van der Waals surface area contributed by atoms with E-state index >= 15 is 0 Å². The molecule has 2 aliphatic rings. The molecule has 1 saturated heterocycles. The molecule has 11 heteroatoms. The van der Waals surface area contributed by atoms with Crippen molar-refractivity contribution in [2.45, 2.75) is 44.1 Å². The third-order valence-electron chi connectivity index (χ3n) is 5.79. The Morgan fingerprint density at radius 2 is 1.94 bits per heavy atom. The van der Waals surface area contributed by atoms with Crippen molar-refractivity contribution in [3.63, 3.8) is 0 Å². The molecule has 5 rings (SSSR count). The Morgan fingerprint density at radius 1 is 1.10 bits per heavy atom. The van der Waals surface area contributed by atoms with E-state index in [1.165, 1.54) is 12.1 Å². The standard InChI is InChI=1S/C20H16ClF3N6O/c21-16-12(5-2-6-13(16)20(22,23)24)19(31)30-11-4-1-8-15(30)18-28-27-17(29(18)10-11)14-7-3-9-25-26-14/h2-3,5-7,9,11,15H,1,4,8,10H2. The first kappa shape index (κ1) is 19.9. The van der Waals surface area contributed by atoms with Gasteiger partial charge in [-0.15, -0.1) is 15.3 Å². The fourth-order valence-corrected chi connectivity index (χ4v) is 4.75. The summed E-state index contributed by atoms with van der Waals surface area (Å²) in [5.74, 6) is 0.623. The van der Waals surface area contributed by atoms with E-state index in [1.54, 1.807) is 23.2 Å². The molecule has 1 amide bonds. The van der Waals surface area contributed by atoms with E-state index < -0.39 is 28.7 Å². The van der Waals surface area contributed by atoms with Gasteiger partial charge in [-0.3, -0.25) is 4.79 Å². The summed E-state index contributed by atoms with van der Waals surface area (Å²) in [6.45, 7) is 0.424. The predicted octanol–water partition coefficient (Wildman–Crippen LogP) is 4.16. The lowest BCUT2D eigenvalue weighted by molar-refractivity contribution is -0.137. The van der Waals surface area contributed by atoms with Crippen molar-refractivity contribution in [1.29, 1.82) is 0 Å². The molecule has 1 aromatic carbocycles. The average Bonchev–Trinajstić information content (AvgIpc) is 3.16. The van der Waals surface area contributed by atoms with Gasteiger partial charge in [-0.2, -0.15) is 18.3 Å². The number of fused-ring (bicyclic) bond motifs is 4. The molecule has 0 radical (unpaired) electrons. The maximum atomic E-state index is 13.4. The maximum absolute atomic E-state index is 13.4. The number of benzene rings is 1. The highest BCUT2D eigenvalue weighted by atomic mass is 35.5. The van der Waals surface area contributed by atoms with Crippen LogP contribution in [-0.2, 0) is 12.7 Å². The normalized spacial score (nSPS) is 20.5. The number of halogens is 4. The van der Waals surface area contributed by atoms with Crippen LogP contribution in [0.25, 0.3) is 11.5 Å². The Hall–Kier alpha value is -3.01. The van der Waals surface area contributed by atoms with Gasteiger partial charge in [0.25, 0.3) is 5.91 Å². The van der Waals surface area contributed by atoms with Gasteiger partial charge in [-0.25, -0.2) is 0 Å². The molecule has 1 fully saturated rings. The van der Waals surface area contributed by atoms with Crippen molar-refractivity contribution in [3.8, 4) is 11.5 Å². The second kappa shape index (κ2) is 7.30. The largest absolute Gasteiger partial charge is 0.417 e. The zero-order chi connectivity index (χ0) is 21.8. The number of alkyl halides is 3. The molecule has 2 bridgehead atoms. The van der Waals surface area contributed by atoms with Crippen LogP contribution in [0.5, 0.6) is 0 Å². The highest BCUT2D eigenvalue weighted by Gasteiger charge is 2.44. The highest BCUT2D eigenvalue weighted by Crippen LogP contribution is 2.42.